The first kappa shape index (κ1) is 13.6. The van der Waals surface area contributed by atoms with Gasteiger partial charge in [0.1, 0.15) is 5.76 Å². The average molecular weight is 250 g/mol. The minimum Gasteiger partial charge on any atom is -0.468 e. The van der Waals surface area contributed by atoms with Crippen LogP contribution in [0.5, 0.6) is 0 Å². The molecule has 18 heavy (non-hydrogen) atoms. The molecule has 102 valence electrons. The molecule has 1 aliphatic heterocycles. The van der Waals surface area contributed by atoms with Crippen molar-refractivity contribution in [2.75, 3.05) is 6.54 Å². The Balaban J connectivity index is 1.75. The van der Waals surface area contributed by atoms with E-state index in [1.165, 1.54) is 38.6 Å². The predicted octanol–water partition coefficient (Wildman–Crippen LogP) is 3.24. The van der Waals surface area contributed by atoms with Crippen molar-refractivity contribution in [2.45, 2.75) is 64.1 Å². The van der Waals surface area contributed by atoms with Crippen molar-refractivity contribution < 1.29 is 4.42 Å². The summed E-state index contributed by atoms with van der Waals surface area (Å²) >= 11 is 0. The molecule has 1 aromatic heterocycles. The van der Waals surface area contributed by atoms with Crippen molar-refractivity contribution in [2.24, 2.45) is 0 Å². The smallest absolute Gasteiger partial charge is 0.120 e. The molecule has 0 spiro atoms. The summed E-state index contributed by atoms with van der Waals surface area (Å²) in [6, 6.07) is 5.47. The van der Waals surface area contributed by atoms with Gasteiger partial charge in [0.05, 0.1) is 12.3 Å². The monoisotopic (exact) mass is 250 g/mol. The van der Waals surface area contributed by atoms with Crippen molar-refractivity contribution in [1.29, 1.82) is 0 Å². The average Bonchev–Trinajstić information content (AvgIpc) is 2.76. The Morgan fingerprint density at radius 3 is 3.06 bits per heavy atom. The van der Waals surface area contributed by atoms with Gasteiger partial charge in [0.2, 0.25) is 0 Å². The number of rotatable bonds is 5. The number of hydrogen-bond acceptors (Lipinski definition) is 3. The molecule has 0 aliphatic carbocycles. The van der Waals surface area contributed by atoms with Gasteiger partial charge in [-0.1, -0.05) is 12.8 Å². The highest BCUT2D eigenvalue weighted by Crippen LogP contribution is 2.16. The maximum Gasteiger partial charge on any atom is 0.120 e. The standard InChI is InChI=1S/C15H26N2O/c1-12(11-14-7-4-3-5-9-16-14)17-13(2)15-8-6-10-18-15/h6,8,10,12-14,16-17H,3-5,7,9,11H2,1-2H3/t12?,13-,14?/m1/s1. The Bertz CT molecular complexity index is 315. The van der Waals surface area contributed by atoms with Crippen molar-refractivity contribution in [1.82, 2.24) is 10.6 Å². The molecule has 0 bridgehead atoms. The molecule has 1 aliphatic rings. The summed E-state index contributed by atoms with van der Waals surface area (Å²) in [6.45, 7) is 5.62. The van der Waals surface area contributed by atoms with E-state index in [-0.39, 0.29) is 0 Å². The Morgan fingerprint density at radius 1 is 1.39 bits per heavy atom. The zero-order valence-corrected chi connectivity index (χ0v) is 11.6. The third kappa shape index (κ3) is 4.14. The van der Waals surface area contributed by atoms with Gasteiger partial charge in [-0.2, -0.15) is 0 Å². The summed E-state index contributed by atoms with van der Waals surface area (Å²) in [5.41, 5.74) is 0. The van der Waals surface area contributed by atoms with E-state index in [4.69, 9.17) is 4.42 Å². The molecule has 2 unspecified atom stereocenters. The second-order valence-corrected chi connectivity index (χ2v) is 5.54. The lowest BCUT2D eigenvalue weighted by molar-refractivity contribution is 0.353. The second kappa shape index (κ2) is 6.95. The fourth-order valence-electron chi connectivity index (χ4n) is 2.84. The van der Waals surface area contributed by atoms with Crippen LogP contribution >= 0.6 is 0 Å². The van der Waals surface area contributed by atoms with Gasteiger partial charge in [0.25, 0.3) is 0 Å². The topological polar surface area (TPSA) is 37.2 Å². The van der Waals surface area contributed by atoms with Crippen molar-refractivity contribution in [3.8, 4) is 0 Å². The van der Waals surface area contributed by atoms with Crippen LogP contribution in [0.2, 0.25) is 0 Å². The molecule has 2 N–H and O–H groups in total. The van der Waals surface area contributed by atoms with Crippen LogP contribution < -0.4 is 10.6 Å². The Labute approximate surface area is 110 Å². The van der Waals surface area contributed by atoms with Gasteiger partial charge in [-0.3, -0.25) is 0 Å². The highest BCUT2D eigenvalue weighted by atomic mass is 16.3. The zero-order chi connectivity index (χ0) is 12.8. The summed E-state index contributed by atoms with van der Waals surface area (Å²) < 4.78 is 5.43. The normalized spacial score (nSPS) is 24.4. The molecule has 0 radical (unpaired) electrons. The first-order valence-electron chi connectivity index (χ1n) is 7.28. The fraction of sp³-hybridized carbons (Fsp3) is 0.733. The van der Waals surface area contributed by atoms with Gasteiger partial charge in [0, 0.05) is 12.1 Å². The maximum atomic E-state index is 5.43. The maximum absolute atomic E-state index is 5.43. The van der Waals surface area contributed by atoms with Gasteiger partial charge >= 0.3 is 0 Å². The highest BCUT2D eigenvalue weighted by molar-refractivity contribution is 5.03. The van der Waals surface area contributed by atoms with Crippen molar-refractivity contribution in [3.63, 3.8) is 0 Å². The van der Waals surface area contributed by atoms with Crippen LogP contribution in [0.1, 0.15) is 57.8 Å². The van der Waals surface area contributed by atoms with E-state index in [1.54, 1.807) is 6.26 Å². The molecule has 2 heterocycles. The molecule has 3 heteroatoms. The summed E-state index contributed by atoms with van der Waals surface area (Å²) in [5.74, 6) is 1.02. The van der Waals surface area contributed by atoms with Gasteiger partial charge in [-0.25, -0.2) is 0 Å². The minimum absolute atomic E-state index is 0.292. The second-order valence-electron chi connectivity index (χ2n) is 5.54. The number of nitrogens with one attached hydrogen (secondary N) is 2. The molecule has 1 saturated heterocycles. The van der Waals surface area contributed by atoms with Gasteiger partial charge < -0.3 is 15.1 Å². The van der Waals surface area contributed by atoms with E-state index in [9.17, 15) is 0 Å². The fourth-order valence-corrected chi connectivity index (χ4v) is 2.84. The summed E-state index contributed by atoms with van der Waals surface area (Å²) in [5, 5.41) is 7.27. The van der Waals surface area contributed by atoms with E-state index in [0.717, 1.165) is 5.76 Å². The first-order valence-corrected chi connectivity index (χ1v) is 7.28. The van der Waals surface area contributed by atoms with E-state index in [2.05, 4.69) is 24.5 Å². The van der Waals surface area contributed by atoms with Crippen LogP contribution in [0, 0.1) is 0 Å². The molecule has 1 aromatic rings. The van der Waals surface area contributed by atoms with Gasteiger partial charge in [0.15, 0.2) is 0 Å². The predicted molar refractivity (Wildman–Crippen MR) is 74.6 cm³/mol. The quantitative estimate of drug-likeness (QED) is 0.842. The third-order valence-corrected chi connectivity index (χ3v) is 3.80. The molecule has 3 nitrogen and oxygen atoms in total. The molecule has 0 amide bonds. The van der Waals surface area contributed by atoms with E-state index >= 15 is 0 Å². The van der Waals surface area contributed by atoms with Crippen LogP contribution in [-0.4, -0.2) is 18.6 Å². The van der Waals surface area contributed by atoms with Crippen molar-refractivity contribution in [3.05, 3.63) is 24.2 Å². The zero-order valence-electron chi connectivity index (χ0n) is 11.6. The number of hydrogen-bond donors (Lipinski definition) is 2. The van der Waals surface area contributed by atoms with Crippen LogP contribution in [0.4, 0.5) is 0 Å². The largest absolute Gasteiger partial charge is 0.468 e. The third-order valence-electron chi connectivity index (χ3n) is 3.80. The van der Waals surface area contributed by atoms with E-state index < -0.39 is 0 Å². The lowest BCUT2D eigenvalue weighted by atomic mass is 10.0. The lowest BCUT2D eigenvalue weighted by Crippen LogP contribution is -2.37. The number of furan rings is 1. The molecule has 3 atom stereocenters. The molecule has 2 rings (SSSR count). The van der Waals surface area contributed by atoms with E-state index in [1.807, 2.05) is 12.1 Å². The van der Waals surface area contributed by atoms with Crippen LogP contribution in [0.3, 0.4) is 0 Å². The molecular weight excluding hydrogens is 224 g/mol. The van der Waals surface area contributed by atoms with Crippen molar-refractivity contribution >= 4 is 0 Å². The van der Waals surface area contributed by atoms with E-state index in [0.29, 0.717) is 18.1 Å². The van der Waals surface area contributed by atoms with Crippen LogP contribution in [0.15, 0.2) is 22.8 Å². The highest BCUT2D eigenvalue weighted by Gasteiger charge is 2.17. The molecule has 0 saturated carbocycles. The van der Waals surface area contributed by atoms with Gasteiger partial charge in [-0.15, -0.1) is 0 Å². The lowest BCUT2D eigenvalue weighted by Gasteiger charge is -2.23. The van der Waals surface area contributed by atoms with Crippen LogP contribution in [-0.2, 0) is 0 Å². The Morgan fingerprint density at radius 2 is 2.28 bits per heavy atom. The molecular formula is C15H26N2O. The Kier molecular flexibility index (Phi) is 5.26. The molecule has 1 fully saturated rings. The summed E-state index contributed by atoms with van der Waals surface area (Å²) in [4.78, 5) is 0. The summed E-state index contributed by atoms with van der Waals surface area (Å²) in [7, 11) is 0. The molecule has 0 aromatic carbocycles. The van der Waals surface area contributed by atoms with Gasteiger partial charge in [-0.05, 0) is 51.8 Å². The summed E-state index contributed by atoms with van der Waals surface area (Å²) in [6.07, 6.45) is 8.35. The first-order chi connectivity index (χ1) is 8.75. The SMILES string of the molecule is CC(CC1CCCCCN1)N[C@H](C)c1ccco1. The minimum atomic E-state index is 0.292. The van der Waals surface area contributed by atoms with Crippen LogP contribution in [0.25, 0.3) is 0 Å². The Hall–Kier alpha value is -0.800.